The van der Waals surface area contributed by atoms with Crippen molar-refractivity contribution in [1.29, 1.82) is 0 Å². The van der Waals surface area contributed by atoms with Crippen molar-refractivity contribution in [3.63, 3.8) is 0 Å². The fraction of sp³-hybridized carbons (Fsp3) is 0.292. The topological polar surface area (TPSA) is 130 Å². The molecule has 0 unspecified atom stereocenters. The van der Waals surface area contributed by atoms with Crippen molar-refractivity contribution in [3.05, 3.63) is 64.3 Å². The Morgan fingerprint density at radius 2 is 1.84 bits per heavy atom. The van der Waals surface area contributed by atoms with Crippen molar-refractivity contribution >= 4 is 60.9 Å². The fourth-order valence-electron chi connectivity index (χ4n) is 4.30. The number of aromatic nitrogens is 4. The quantitative estimate of drug-likeness (QED) is 0.332. The third-order valence-electron chi connectivity index (χ3n) is 6.14. The molecule has 1 aromatic carbocycles. The van der Waals surface area contributed by atoms with Gasteiger partial charge in [-0.05, 0) is 37.4 Å². The number of hydrogen-bond donors (Lipinski definition) is 1. The molecule has 4 heterocycles. The summed E-state index contributed by atoms with van der Waals surface area (Å²) in [6.45, 7) is 2.67. The summed E-state index contributed by atoms with van der Waals surface area (Å²) in [7, 11) is -3.99. The molecule has 1 amide bonds. The molecule has 0 radical (unpaired) electrons. The summed E-state index contributed by atoms with van der Waals surface area (Å²) in [6, 6.07) is 9.09. The van der Waals surface area contributed by atoms with Crippen LogP contribution in [0.1, 0.15) is 4.88 Å². The number of aryl methyl sites for hydroxylation is 1. The molecular formula is C24H25N7O4S3. The van der Waals surface area contributed by atoms with E-state index < -0.39 is 21.5 Å². The van der Waals surface area contributed by atoms with Gasteiger partial charge in [-0.15, -0.1) is 23.1 Å². The van der Waals surface area contributed by atoms with Crippen molar-refractivity contribution < 1.29 is 13.2 Å². The highest BCUT2D eigenvalue weighted by atomic mass is 32.2. The van der Waals surface area contributed by atoms with Gasteiger partial charge in [-0.25, -0.2) is 23.4 Å². The number of anilines is 2. The van der Waals surface area contributed by atoms with Gasteiger partial charge < -0.3 is 10.2 Å². The summed E-state index contributed by atoms with van der Waals surface area (Å²) in [6.07, 6.45) is 6.51. The molecule has 1 saturated heterocycles. The van der Waals surface area contributed by atoms with Gasteiger partial charge >= 0.3 is 0 Å². The normalized spacial score (nSPS) is 14.6. The van der Waals surface area contributed by atoms with Gasteiger partial charge in [0, 0.05) is 54.0 Å². The summed E-state index contributed by atoms with van der Waals surface area (Å²) < 4.78 is 30.0. The zero-order chi connectivity index (χ0) is 26.9. The van der Waals surface area contributed by atoms with E-state index >= 15 is 0 Å². The lowest BCUT2D eigenvalue weighted by atomic mass is 10.3. The molecule has 3 aromatic heterocycles. The van der Waals surface area contributed by atoms with E-state index in [4.69, 9.17) is 0 Å². The number of nitrogens with one attached hydrogen (secondary N) is 1. The van der Waals surface area contributed by atoms with E-state index in [0.29, 0.717) is 34.4 Å². The highest BCUT2D eigenvalue weighted by molar-refractivity contribution is 7.98. The summed E-state index contributed by atoms with van der Waals surface area (Å²) >= 11 is 2.70. The Balaban J connectivity index is 1.40. The number of carbonyl (C=O) groups is 1. The van der Waals surface area contributed by atoms with E-state index in [1.807, 2.05) is 29.4 Å². The average molecular weight is 572 g/mol. The van der Waals surface area contributed by atoms with Gasteiger partial charge in [-0.2, -0.15) is 4.31 Å². The predicted molar refractivity (Wildman–Crippen MR) is 148 cm³/mol. The maximum atomic E-state index is 13.7. The third kappa shape index (κ3) is 5.16. The van der Waals surface area contributed by atoms with Gasteiger partial charge in [-0.3, -0.25) is 14.2 Å². The zero-order valence-electron chi connectivity index (χ0n) is 20.7. The van der Waals surface area contributed by atoms with Crippen LogP contribution in [0.3, 0.4) is 0 Å². The molecule has 1 N–H and O–H groups in total. The predicted octanol–water partition coefficient (Wildman–Crippen LogP) is 2.43. The van der Waals surface area contributed by atoms with Crippen molar-refractivity contribution in [1.82, 2.24) is 23.8 Å². The molecule has 0 aliphatic carbocycles. The van der Waals surface area contributed by atoms with Gasteiger partial charge in [0.25, 0.3) is 5.56 Å². The zero-order valence-corrected chi connectivity index (χ0v) is 23.1. The van der Waals surface area contributed by atoms with E-state index in [2.05, 4.69) is 20.3 Å². The van der Waals surface area contributed by atoms with Crippen LogP contribution in [0, 0.1) is 6.92 Å². The molecule has 11 nitrogen and oxygen atoms in total. The average Bonchev–Trinajstić information content (AvgIpc) is 3.28. The Labute approximate surface area is 227 Å². The first-order valence-electron chi connectivity index (χ1n) is 11.7. The SMILES string of the molecule is CSc1cccc(NC(=O)Cn2cnc3sc(C)c(S(=O)(=O)N4CCN(c5ncccn5)CC4)c3c2=O)c1. The van der Waals surface area contributed by atoms with Crippen LogP contribution in [0.2, 0.25) is 0 Å². The number of nitrogens with zero attached hydrogens (tertiary/aromatic N) is 6. The van der Waals surface area contributed by atoms with Crippen molar-refractivity contribution in [2.24, 2.45) is 0 Å². The second-order valence-corrected chi connectivity index (χ2v) is 12.5. The largest absolute Gasteiger partial charge is 0.338 e. The molecule has 0 bridgehead atoms. The summed E-state index contributed by atoms with van der Waals surface area (Å²) in [4.78, 5) is 42.6. The molecule has 38 heavy (non-hydrogen) atoms. The first kappa shape index (κ1) is 26.3. The lowest BCUT2D eigenvalue weighted by Crippen LogP contribution is -2.49. The number of hydrogen-bond acceptors (Lipinski definition) is 10. The minimum absolute atomic E-state index is 0.0148. The number of piperazine rings is 1. The summed E-state index contributed by atoms with van der Waals surface area (Å²) in [5, 5.41) is 2.80. The van der Waals surface area contributed by atoms with Gasteiger partial charge in [0.15, 0.2) is 0 Å². The van der Waals surface area contributed by atoms with Crippen LogP contribution in [0.25, 0.3) is 10.2 Å². The van der Waals surface area contributed by atoms with Gasteiger partial charge in [0.1, 0.15) is 16.3 Å². The number of amides is 1. The Hall–Kier alpha value is -3.33. The highest BCUT2D eigenvalue weighted by Crippen LogP contribution is 2.33. The van der Waals surface area contributed by atoms with Crippen LogP contribution in [-0.4, -0.2) is 70.6 Å². The number of thioether (sulfide) groups is 1. The Kier molecular flexibility index (Phi) is 7.47. The highest BCUT2D eigenvalue weighted by Gasteiger charge is 2.34. The summed E-state index contributed by atoms with van der Waals surface area (Å²) in [5.74, 6) is 0.134. The molecular weight excluding hydrogens is 547 g/mol. The van der Waals surface area contributed by atoms with E-state index in [0.717, 1.165) is 20.8 Å². The fourth-order valence-corrected chi connectivity index (χ4v) is 7.85. The minimum atomic E-state index is -3.99. The minimum Gasteiger partial charge on any atom is -0.338 e. The number of benzene rings is 1. The standard InChI is InChI=1S/C24H25N7O4S3/c1-16-21(38(34,35)31-11-9-29(10-12-31)24-25-7-4-8-26-24)20-22(37-16)27-15-30(23(20)33)14-19(32)28-17-5-3-6-18(13-17)36-2/h3-8,13,15H,9-12,14H2,1-2H3,(H,28,32). The number of fused-ring (bicyclic) bond motifs is 1. The lowest BCUT2D eigenvalue weighted by Gasteiger charge is -2.33. The number of thiophene rings is 1. The molecule has 4 aromatic rings. The summed E-state index contributed by atoms with van der Waals surface area (Å²) in [5.41, 5.74) is 0.0425. The van der Waals surface area contributed by atoms with Crippen LogP contribution in [0.4, 0.5) is 11.6 Å². The molecule has 0 saturated carbocycles. The second-order valence-electron chi connectivity index (χ2n) is 8.57. The number of sulfonamides is 1. The van der Waals surface area contributed by atoms with Gasteiger partial charge in [-0.1, -0.05) is 6.07 Å². The van der Waals surface area contributed by atoms with Crippen LogP contribution in [0.15, 0.2) is 63.6 Å². The molecule has 1 aliphatic heterocycles. The first-order valence-corrected chi connectivity index (χ1v) is 15.2. The monoisotopic (exact) mass is 571 g/mol. The maximum Gasteiger partial charge on any atom is 0.263 e. The van der Waals surface area contributed by atoms with Gasteiger partial charge in [0.2, 0.25) is 21.9 Å². The van der Waals surface area contributed by atoms with Crippen LogP contribution >= 0.6 is 23.1 Å². The van der Waals surface area contributed by atoms with E-state index in [1.54, 1.807) is 43.2 Å². The van der Waals surface area contributed by atoms with Gasteiger partial charge in [0.05, 0.1) is 11.7 Å². The van der Waals surface area contributed by atoms with Crippen molar-refractivity contribution in [2.45, 2.75) is 23.3 Å². The Bertz CT molecular complexity index is 1650. The third-order valence-corrected chi connectivity index (χ3v) is 10.1. The van der Waals surface area contributed by atoms with E-state index in [1.165, 1.54) is 10.6 Å². The Morgan fingerprint density at radius 1 is 1.11 bits per heavy atom. The molecule has 198 valence electrons. The van der Waals surface area contributed by atoms with Crippen LogP contribution in [0.5, 0.6) is 0 Å². The first-order chi connectivity index (χ1) is 18.3. The van der Waals surface area contributed by atoms with Crippen LogP contribution in [-0.2, 0) is 21.4 Å². The number of rotatable bonds is 7. The molecule has 5 rings (SSSR count). The van der Waals surface area contributed by atoms with E-state index in [-0.39, 0.29) is 29.9 Å². The van der Waals surface area contributed by atoms with E-state index in [9.17, 15) is 18.0 Å². The Morgan fingerprint density at radius 3 is 2.55 bits per heavy atom. The molecule has 1 fully saturated rings. The molecule has 0 atom stereocenters. The molecule has 1 aliphatic rings. The lowest BCUT2D eigenvalue weighted by molar-refractivity contribution is -0.116. The van der Waals surface area contributed by atoms with Crippen molar-refractivity contribution in [3.8, 4) is 0 Å². The van der Waals surface area contributed by atoms with Crippen LogP contribution < -0.4 is 15.8 Å². The number of carbonyl (C=O) groups excluding carboxylic acids is 1. The second kappa shape index (κ2) is 10.8. The molecule has 14 heteroatoms. The van der Waals surface area contributed by atoms with Crippen molar-refractivity contribution in [2.75, 3.05) is 42.7 Å². The molecule has 0 spiro atoms. The smallest absolute Gasteiger partial charge is 0.263 e. The maximum absolute atomic E-state index is 13.7.